The first kappa shape index (κ1) is 16.4. The van der Waals surface area contributed by atoms with E-state index >= 15 is 0 Å². The average molecular weight is 261 g/mol. The number of rotatable bonds is 1. The van der Waals surface area contributed by atoms with Gasteiger partial charge in [0.2, 0.25) is 0 Å². The third-order valence-corrected chi connectivity index (χ3v) is 3.20. The summed E-state index contributed by atoms with van der Waals surface area (Å²) >= 11 is 1.50. The number of benzene rings is 1. The summed E-state index contributed by atoms with van der Waals surface area (Å²) in [5.41, 5.74) is 0.924. The van der Waals surface area contributed by atoms with Crippen LogP contribution in [0.25, 0.3) is 10.2 Å². The maximum absolute atomic E-state index is 11.4. The maximum Gasteiger partial charge on any atom is 1.00 e. The van der Waals surface area contributed by atoms with Gasteiger partial charge in [0.15, 0.2) is 5.13 Å². The Morgan fingerprint density at radius 1 is 1.47 bits per heavy atom. The second-order valence-corrected chi connectivity index (χ2v) is 4.09. The van der Waals surface area contributed by atoms with Gasteiger partial charge >= 0.3 is 35.6 Å². The van der Waals surface area contributed by atoms with Crippen LogP contribution in [0.3, 0.4) is 0 Å². The van der Waals surface area contributed by atoms with E-state index in [2.05, 4.69) is 10.3 Å². The molecular formula is C11H16N3NaOS. The largest absolute Gasteiger partial charge is 1.00 e. The molecular weight excluding hydrogens is 245 g/mol. The quantitative estimate of drug-likeness (QED) is 0.724. The van der Waals surface area contributed by atoms with Gasteiger partial charge in [0.1, 0.15) is 0 Å². The summed E-state index contributed by atoms with van der Waals surface area (Å²) in [6, 6.07) is 7.67. The fraction of sp³-hybridized carbons (Fsp3) is 0.273. The number of hydrogen-bond donors (Lipinski definition) is 1. The molecule has 1 aromatic heterocycles. The molecule has 0 bridgehead atoms. The second-order valence-electron chi connectivity index (χ2n) is 3.08. The van der Waals surface area contributed by atoms with Crippen molar-refractivity contribution in [2.75, 3.05) is 19.0 Å². The summed E-state index contributed by atoms with van der Waals surface area (Å²) in [6.07, 6.45) is 0. The molecule has 0 saturated carbocycles. The minimum Gasteiger partial charge on any atom is -1.00 e. The summed E-state index contributed by atoms with van der Waals surface area (Å²) in [7, 11) is 3.31. The molecule has 0 radical (unpaired) electrons. The van der Waals surface area contributed by atoms with Crippen molar-refractivity contribution >= 4 is 32.7 Å². The molecule has 0 unspecified atom stereocenters. The van der Waals surface area contributed by atoms with Crippen LogP contribution in [0.15, 0.2) is 24.3 Å². The van der Waals surface area contributed by atoms with Crippen molar-refractivity contribution in [3.8, 4) is 0 Å². The number of anilines is 1. The minimum atomic E-state index is -0.158. The first-order chi connectivity index (χ1) is 7.22. The van der Waals surface area contributed by atoms with Gasteiger partial charge < -0.3 is 6.74 Å². The van der Waals surface area contributed by atoms with Crippen LogP contribution in [-0.4, -0.2) is 25.1 Å². The molecule has 0 aliphatic rings. The van der Waals surface area contributed by atoms with Crippen LogP contribution in [0.4, 0.5) is 9.93 Å². The number of nitrogens with one attached hydrogen (secondary N) is 1. The Morgan fingerprint density at radius 2 is 2.12 bits per heavy atom. The number of carbonyl (C=O) groups is 1. The van der Waals surface area contributed by atoms with Gasteiger partial charge in [0, 0.05) is 14.1 Å². The zero-order chi connectivity index (χ0) is 10.8. The van der Waals surface area contributed by atoms with Crippen LogP contribution in [-0.2, 0) is 0 Å². The molecule has 6 heteroatoms. The number of aromatic nitrogens is 1. The Morgan fingerprint density at radius 3 is 2.71 bits per heavy atom. The van der Waals surface area contributed by atoms with Gasteiger partial charge in [-0.3, -0.25) is 4.90 Å². The fourth-order valence-corrected chi connectivity index (χ4v) is 2.18. The molecule has 0 aliphatic heterocycles. The fourth-order valence-electron chi connectivity index (χ4n) is 1.26. The number of carbonyl (C=O) groups excluding carboxylic acids is 1. The number of urea groups is 1. The van der Waals surface area contributed by atoms with Crippen molar-refractivity contribution in [2.45, 2.75) is 7.43 Å². The molecule has 2 rings (SSSR count). The van der Waals surface area contributed by atoms with Gasteiger partial charge in [-0.15, -0.1) is 0 Å². The molecule has 0 spiro atoms. The second kappa shape index (κ2) is 6.96. The van der Waals surface area contributed by atoms with Crippen molar-refractivity contribution in [3.63, 3.8) is 0 Å². The molecule has 88 valence electrons. The molecule has 4 nitrogen and oxygen atoms in total. The SMILES string of the molecule is C.CNC(=O)N(C)c1nc2ccccc2s1.[H-].[Na+]. The Balaban J connectivity index is 0. The van der Waals surface area contributed by atoms with E-state index in [1.165, 1.54) is 16.2 Å². The van der Waals surface area contributed by atoms with Crippen LogP contribution in [0.2, 0.25) is 0 Å². The predicted molar refractivity (Wildman–Crippen MR) is 70.3 cm³/mol. The van der Waals surface area contributed by atoms with Crippen molar-refractivity contribution < 1.29 is 35.8 Å². The predicted octanol–water partition coefficient (Wildman–Crippen LogP) is -0.175. The zero-order valence-corrected chi connectivity index (χ0v) is 12.3. The molecule has 0 aliphatic carbocycles. The molecule has 0 saturated heterocycles. The van der Waals surface area contributed by atoms with Crippen molar-refractivity contribution in [1.29, 1.82) is 0 Å². The van der Waals surface area contributed by atoms with Crippen molar-refractivity contribution in [1.82, 2.24) is 10.3 Å². The Hall–Kier alpha value is -0.620. The summed E-state index contributed by atoms with van der Waals surface area (Å²) in [4.78, 5) is 17.2. The molecule has 2 amide bonds. The molecule has 1 heterocycles. The van der Waals surface area contributed by atoms with E-state index < -0.39 is 0 Å². The normalized spacial score (nSPS) is 9.06. The summed E-state index contributed by atoms with van der Waals surface area (Å²) < 4.78 is 1.09. The molecule has 2 aromatic rings. The number of thiazole rings is 1. The zero-order valence-electron chi connectivity index (χ0n) is 10.5. The van der Waals surface area contributed by atoms with Crippen LogP contribution < -0.4 is 39.8 Å². The number of amides is 2. The monoisotopic (exact) mass is 261 g/mol. The van der Waals surface area contributed by atoms with E-state index in [0.29, 0.717) is 5.13 Å². The summed E-state index contributed by atoms with van der Waals surface area (Å²) in [6.45, 7) is 0. The first-order valence-corrected chi connectivity index (χ1v) is 5.35. The molecule has 0 atom stereocenters. The summed E-state index contributed by atoms with van der Waals surface area (Å²) in [5.74, 6) is 0. The van der Waals surface area contributed by atoms with Crippen LogP contribution in [0.1, 0.15) is 8.85 Å². The van der Waals surface area contributed by atoms with E-state index in [-0.39, 0.29) is 44.4 Å². The molecule has 17 heavy (non-hydrogen) atoms. The van der Waals surface area contributed by atoms with Gasteiger partial charge in [-0.1, -0.05) is 30.9 Å². The first-order valence-electron chi connectivity index (χ1n) is 4.53. The van der Waals surface area contributed by atoms with E-state index in [0.717, 1.165) is 10.2 Å². The Labute approximate surface area is 129 Å². The molecule has 1 N–H and O–H groups in total. The average Bonchev–Trinajstić information content (AvgIpc) is 2.70. The number of hydrogen-bond acceptors (Lipinski definition) is 3. The minimum absolute atomic E-state index is 0. The Kier molecular flexibility index (Phi) is 6.70. The van der Waals surface area contributed by atoms with Crippen LogP contribution in [0.5, 0.6) is 0 Å². The van der Waals surface area contributed by atoms with Gasteiger partial charge in [-0.05, 0) is 12.1 Å². The van der Waals surface area contributed by atoms with Crippen LogP contribution >= 0.6 is 11.3 Å². The number of nitrogens with zero attached hydrogens (tertiary/aromatic N) is 2. The number of para-hydroxylation sites is 1. The molecule has 0 fully saturated rings. The summed E-state index contributed by atoms with van der Waals surface area (Å²) in [5, 5.41) is 3.27. The molecule has 1 aromatic carbocycles. The third kappa shape index (κ3) is 3.42. The van der Waals surface area contributed by atoms with E-state index in [9.17, 15) is 4.79 Å². The van der Waals surface area contributed by atoms with E-state index in [1.807, 2.05) is 24.3 Å². The third-order valence-electron chi connectivity index (χ3n) is 2.09. The van der Waals surface area contributed by atoms with Gasteiger partial charge in [0.25, 0.3) is 0 Å². The van der Waals surface area contributed by atoms with Gasteiger partial charge in [0.05, 0.1) is 10.2 Å². The topological polar surface area (TPSA) is 45.2 Å². The van der Waals surface area contributed by atoms with Crippen molar-refractivity contribution in [3.05, 3.63) is 24.3 Å². The van der Waals surface area contributed by atoms with Crippen molar-refractivity contribution in [2.24, 2.45) is 0 Å². The van der Waals surface area contributed by atoms with Crippen LogP contribution in [0, 0.1) is 0 Å². The Bertz CT molecular complexity index is 473. The maximum atomic E-state index is 11.4. The van der Waals surface area contributed by atoms with Gasteiger partial charge in [-0.25, -0.2) is 9.78 Å². The smallest absolute Gasteiger partial charge is 1.00 e. The number of fused-ring (bicyclic) bond motifs is 1. The van der Waals surface area contributed by atoms with Gasteiger partial charge in [-0.2, -0.15) is 0 Å². The van der Waals surface area contributed by atoms with E-state index in [4.69, 9.17) is 0 Å². The van der Waals surface area contributed by atoms with E-state index in [1.54, 1.807) is 14.1 Å². The standard InChI is InChI=1S/C10H11N3OS.CH4.Na.H/c1-11-9(14)13(2)10-12-7-5-3-4-6-8(7)15-10;;;/h3-6H,1-2H3,(H,11,14);1H4;;/q;;+1;-1.